The zero-order valence-electron chi connectivity index (χ0n) is 11.6. The Morgan fingerprint density at radius 2 is 2.05 bits per heavy atom. The van der Waals surface area contributed by atoms with E-state index in [4.69, 9.17) is 0 Å². The SMILES string of the molecule is CCC1(C(=O)NCC2CCCS2(=O)=O)CCNCC1. The average Bonchev–Trinajstić information content (AvgIpc) is 2.75. The van der Waals surface area contributed by atoms with Crippen LogP contribution in [0.3, 0.4) is 0 Å². The average molecular weight is 288 g/mol. The second-order valence-electron chi connectivity index (χ2n) is 5.73. The standard InChI is InChI=1S/C13H24N2O3S/c1-2-13(5-7-14-8-6-13)12(16)15-10-11-4-3-9-19(11,17)18/h11,14H,2-10H2,1H3,(H,15,16). The van der Waals surface area contributed by atoms with Crippen LogP contribution < -0.4 is 10.6 Å². The summed E-state index contributed by atoms with van der Waals surface area (Å²) < 4.78 is 23.5. The van der Waals surface area contributed by atoms with E-state index in [1.165, 1.54) is 0 Å². The Labute approximate surface area is 115 Å². The zero-order chi connectivity index (χ0) is 13.9. The molecule has 2 fully saturated rings. The summed E-state index contributed by atoms with van der Waals surface area (Å²) in [6, 6.07) is 0. The Bertz CT molecular complexity index is 427. The highest BCUT2D eigenvalue weighted by Crippen LogP contribution is 2.32. The molecule has 0 aromatic heterocycles. The van der Waals surface area contributed by atoms with Crippen molar-refractivity contribution in [1.29, 1.82) is 0 Å². The Balaban J connectivity index is 1.93. The van der Waals surface area contributed by atoms with Gasteiger partial charge in [0.2, 0.25) is 5.91 Å². The molecule has 0 aromatic rings. The van der Waals surface area contributed by atoms with Gasteiger partial charge in [-0.15, -0.1) is 0 Å². The van der Waals surface area contributed by atoms with Gasteiger partial charge >= 0.3 is 0 Å². The Hall–Kier alpha value is -0.620. The van der Waals surface area contributed by atoms with Gasteiger partial charge in [0.05, 0.1) is 16.4 Å². The molecule has 6 heteroatoms. The molecule has 2 rings (SSSR count). The fourth-order valence-corrected chi connectivity index (χ4v) is 4.89. The molecule has 1 atom stereocenters. The highest BCUT2D eigenvalue weighted by atomic mass is 32.2. The van der Waals surface area contributed by atoms with Crippen LogP contribution >= 0.6 is 0 Å². The molecule has 19 heavy (non-hydrogen) atoms. The third-order valence-corrected chi connectivity index (χ3v) is 6.95. The normalized spacial score (nSPS) is 29.0. The molecule has 110 valence electrons. The molecule has 2 heterocycles. The predicted octanol–water partition coefficient (Wildman–Crippen LogP) is 0.460. The smallest absolute Gasteiger partial charge is 0.226 e. The van der Waals surface area contributed by atoms with E-state index in [1.54, 1.807) is 0 Å². The highest BCUT2D eigenvalue weighted by molar-refractivity contribution is 7.92. The highest BCUT2D eigenvalue weighted by Gasteiger charge is 2.39. The largest absolute Gasteiger partial charge is 0.354 e. The summed E-state index contributed by atoms with van der Waals surface area (Å²) in [6.07, 6.45) is 3.91. The number of carbonyl (C=O) groups is 1. The fraction of sp³-hybridized carbons (Fsp3) is 0.923. The first kappa shape index (κ1) is 14.8. The van der Waals surface area contributed by atoms with Crippen LogP contribution in [0.25, 0.3) is 0 Å². The van der Waals surface area contributed by atoms with Crippen molar-refractivity contribution >= 4 is 15.7 Å². The summed E-state index contributed by atoms with van der Waals surface area (Å²) in [5.41, 5.74) is -0.298. The van der Waals surface area contributed by atoms with Gasteiger partial charge < -0.3 is 10.6 Å². The zero-order valence-corrected chi connectivity index (χ0v) is 12.4. The number of hydrogen-bond donors (Lipinski definition) is 2. The number of carbonyl (C=O) groups excluding carboxylic acids is 1. The fourth-order valence-electron chi connectivity index (χ4n) is 3.13. The second-order valence-corrected chi connectivity index (χ2v) is 8.13. The minimum atomic E-state index is -2.97. The van der Waals surface area contributed by atoms with Crippen molar-refractivity contribution in [2.45, 2.75) is 44.3 Å². The van der Waals surface area contributed by atoms with E-state index >= 15 is 0 Å². The van der Waals surface area contributed by atoms with Gasteiger partial charge in [0.15, 0.2) is 9.84 Å². The van der Waals surface area contributed by atoms with Crippen molar-refractivity contribution < 1.29 is 13.2 Å². The maximum atomic E-state index is 12.4. The summed E-state index contributed by atoms with van der Waals surface area (Å²) in [4.78, 5) is 12.4. The lowest BCUT2D eigenvalue weighted by molar-refractivity contribution is -0.132. The summed E-state index contributed by atoms with van der Waals surface area (Å²) in [5.74, 6) is 0.315. The number of piperidine rings is 1. The van der Waals surface area contributed by atoms with Gasteiger partial charge in [0, 0.05) is 6.54 Å². The van der Waals surface area contributed by atoms with E-state index < -0.39 is 9.84 Å². The summed E-state index contributed by atoms with van der Waals surface area (Å²) in [6.45, 7) is 4.06. The van der Waals surface area contributed by atoms with Crippen molar-refractivity contribution in [1.82, 2.24) is 10.6 Å². The number of sulfone groups is 1. The number of rotatable bonds is 4. The third-order valence-electron chi connectivity index (χ3n) is 4.67. The Kier molecular flexibility index (Phi) is 4.50. The quantitative estimate of drug-likeness (QED) is 0.788. The van der Waals surface area contributed by atoms with Crippen molar-refractivity contribution in [2.75, 3.05) is 25.4 Å². The van der Waals surface area contributed by atoms with Crippen molar-refractivity contribution in [3.63, 3.8) is 0 Å². The molecule has 0 saturated carbocycles. The molecular formula is C13H24N2O3S. The van der Waals surface area contributed by atoms with Crippen molar-refractivity contribution in [2.24, 2.45) is 5.41 Å². The Morgan fingerprint density at radius 3 is 2.58 bits per heavy atom. The monoisotopic (exact) mass is 288 g/mol. The topological polar surface area (TPSA) is 75.3 Å². The summed E-state index contributed by atoms with van der Waals surface area (Å²) in [5, 5.41) is 5.79. The molecule has 2 aliphatic rings. The number of hydrogen-bond acceptors (Lipinski definition) is 4. The van der Waals surface area contributed by atoms with Crippen LogP contribution in [-0.2, 0) is 14.6 Å². The second kappa shape index (κ2) is 5.79. The van der Waals surface area contributed by atoms with E-state index in [1.807, 2.05) is 6.92 Å². The van der Waals surface area contributed by atoms with Crippen LogP contribution in [0, 0.1) is 5.41 Å². The molecule has 0 aromatic carbocycles. The van der Waals surface area contributed by atoms with Crippen LogP contribution in [0.1, 0.15) is 39.0 Å². The van der Waals surface area contributed by atoms with Gasteiger partial charge in [0.1, 0.15) is 0 Å². The maximum absolute atomic E-state index is 12.4. The molecule has 0 bridgehead atoms. The molecular weight excluding hydrogens is 264 g/mol. The first-order valence-corrected chi connectivity index (χ1v) is 8.92. The van der Waals surface area contributed by atoms with Crippen LogP contribution in [-0.4, -0.2) is 45.0 Å². The third kappa shape index (κ3) is 3.11. The van der Waals surface area contributed by atoms with Gasteiger partial charge in [-0.25, -0.2) is 8.42 Å². The number of nitrogens with one attached hydrogen (secondary N) is 2. The molecule has 1 amide bonds. The number of amides is 1. The van der Waals surface area contributed by atoms with Gasteiger partial charge in [-0.2, -0.15) is 0 Å². The summed E-state index contributed by atoms with van der Waals surface area (Å²) >= 11 is 0. The minimum Gasteiger partial charge on any atom is -0.354 e. The van der Waals surface area contributed by atoms with E-state index in [9.17, 15) is 13.2 Å². The molecule has 1 unspecified atom stereocenters. The molecule has 5 nitrogen and oxygen atoms in total. The molecule has 0 spiro atoms. The van der Waals surface area contributed by atoms with Gasteiger partial charge in [-0.1, -0.05) is 6.92 Å². The molecule has 2 saturated heterocycles. The predicted molar refractivity (Wildman–Crippen MR) is 74.6 cm³/mol. The van der Waals surface area contributed by atoms with Gasteiger partial charge in [-0.05, 0) is 45.2 Å². The van der Waals surface area contributed by atoms with E-state index in [0.717, 1.165) is 38.8 Å². The first-order chi connectivity index (χ1) is 9.00. The van der Waals surface area contributed by atoms with Crippen molar-refractivity contribution in [3.05, 3.63) is 0 Å². The van der Waals surface area contributed by atoms with Gasteiger partial charge in [0.25, 0.3) is 0 Å². The minimum absolute atomic E-state index is 0.0404. The molecule has 2 N–H and O–H groups in total. The molecule has 2 aliphatic heterocycles. The molecule has 0 radical (unpaired) electrons. The van der Waals surface area contributed by atoms with Crippen LogP contribution in [0.15, 0.2) is 0 Å². The lowest BCUT2D eigenvalue weighted by atomic mass is 9.76. The van der Waals surface area contributed by atoms with E-state index in [-0.39, 0.29) is 28.9 Å². The van der Waals surface area contributed by atoms with Gasteiger partial charge in [-0.3, -0.25) is 4.79 Å². The van der Waals surface area contributed by atoms with Crippen LogP contribution in [0.5, 0.6) is 0 Å². The van der Waals surface area contributed by atoms with Crippen LogP contribution in [0.2, 0.25) is 0 Å². The lowest BCUT2D eigenvalue weighted by Crippen LogP contribution is -2.49. The Morgan fingerprint density at radius 1 is 1.37 bits per heavy atom. The van der Waals surface area contributed by atoms with Crippen molar-refractivity contribution in [3.8, 4) is 0 Å². The lowest BCUT2D eigenvalue weighted by Gasteiger charge is -2.35. The first-order valence-electron chi connectivity index (χ1n) is 7.21. The maximum Gasteiger partial charge on any atom is 0.226 e. The summed E-state index contributed by atoms with van der Waals surface area (Å²) in [7, 11) is -2.97. The molecule has 0 aliphatic carbocycles. The van der Waals surface area contributed by atoms with E-state index in [0.29, 0.717) is 6.42 Å². The van der Waals surface area contributed by atoms with Crippen LogP contribution in [0.4, 0.5) is 0 Å². The van der Waals surface area contributed by atoms with E-state index in [2.05, 4.69) is 10.6 Å².